The van der Waals surface area contributed by atoms with E-state index in [4.69, 9.17) is 0 Å². The SMILES string of the molecule is CCCCNC(=NCC(=O)N(C)C)NCCc1c(C)cccc1C. The number of benzene rings is 1. The van der Waals surface area contributed by atoms with Crippen molar-refractivity contribution in [1.29, 1.82) is 0 Å². The molecular formula is C19H32N4O. The first-order valence-corrected chi connectivity index (χ1v) is 8.73. The number of unbranched alkanes of at least 4 members (excludes halogenated alkanes) is 1. The third-order valence-corrected chi connectivity index (χ3v) is 4.01. The fraction of sp³-hybridized carbons (Fsp3) is 0.579. The molecule has 134 valence electrons. The molecule has 0 aliphatic heterocycles. The smallest absolute Gasteiger partial charge is 0.243 e. The molecule has 0 saturated carbocycles. The molecule has 1 rings (SSSR count). The Morgan fingerprint density at radius 2 is 1.75 bits per heavy atom. The minimum atomic E-state index is 0.00124. The van der Waals surface area contributed by atoms with Gasteiger partial charge in [0.2, 0.25) is 5.91 Å². The molecule has 0 unspecified atom stereocenters. The van der Waals surface area contributed by atoms with Gasteiger partial charge in [0.15, 0.2) is 5.96 Å². The van der Waals surface area contributed by atoms with E-state index in [9.17, 15) is 4.79 Å². The molecule has 1 aromatic carbocycles. The first-order valence-electron chi connectivity index (χ1n) is 8.73. The van der Waals surface area contributed by atoms with Crippen molar-refractivity contribution in [2.75, 3.05) is 33.7 Å². The zero-order valence-corrected chi connectivity index (χ0v) is 15.8. The Hall–Kier alpha value is -2.04. The van der Waals surface area contributed by atoms with E-state index in [1.165, 1.54) is 16.7 Å². The number of rotatable bonds is 8. The third kappa shape index (κ3) is 7.02. The summed E-state index contributed by atoms with van der Waals surface area (Å²) in [6.07, 6.45) is 3.15. The lowest BCUT2D eigenvalue weighted by molar-refractivity contribution is -0.127. The Morgan fingerprint density at radius 3 is 2.33 bits per heavy atom. The van der Waals surface area contributed by atoms with Crippen LogP contribution in [0.4, 0.5) is 0 Å². The van der Waals surface area contributed by atoms with Crippen LogP contribution in [0.2, 0.25) is 0 Å². The van der Waals surface area contributed by atoms with E-state index < -0.39 is 0 Å². The van der Waals surface area contributed by atoms with Gasteiger partial charge in [0.25, 0.3) is 0 Å². The highest BCUT2D eigenvalue weighted by atomic mass is 16.2. The van der Waals surface area contributed by atoms with Crippen LogP contribution in [0.15, 0.2) is 23.2 Å². The van der Waals surface area contributed by atoms with Gasteiger partial charge >= 0.3 is 0 Å². The molecule has 0 aliphatic carbocycles. The van der Waals surface area contributed by atoms with Crippen LogP contribution in [0.5, 0.6) is 0 Å². The van der Waals surface area contributed by atoms with Gasteiger partial charge in [0, 0.05) is 27.2 Å². The molecule has 0 radical (unpaired) electrons. The molecule has 0 bridgehead atoms. The maximum absolute atomic E-state index is 11.7. The Kier molecular flexibility index (Phi) is 8.90. The Bertz CT molecular complexity index is 532. The lowest BCUT2D eigenvalue weighted by Gasteiger charge is -2.15. The number of amides is 1. The lowest BCUT2D eigenvalue weighted by atomic mass is 10.0. The molecule has 0 saturated heterocycles. The van der Waals surface area contributed by atoms with Gasteiger partial charge in [-0.05, 0) is 43.4 Å². The van der Waals surface area contributed by atoms with Gasteiger partial charge < -0.3 is 15.5 Å². The standard InChI is InChI=1S/C19H32N4O/c1-6-7-12-20-19(22-14-18(24)23(4)5)21-13-11-17-15(2)9-8-10-16(17)3/h8-10H,6-7,11-14H2,1-5H3,(H2,20,21,22). The van der Waals surface area contributed by atoms with Gasteiger partial charge in [0.1, 0.15) is 6.54 Å². The first kappa shape index (κ1) is 20.0. The molecule has 0 aliphatic rings. The van der Waals surface area contributed by atoms with Crippen molar-refractivity contribution in [1.82, 2.24) is 15.5 Å². The second-order valence-electron chi connectivity index (χ2n) is 6.28. The quantitative estimate of drug-likeness (QED) is 0.436. The maximum Gasteiger partial charge on any atom is 0.243 e. The highest BCUT2D eigenvalue weighted by molar-refractivity contribution is 5.84. The summed E-state index contributed by atoms with van der Waals surface area (Å²) in [5.41, 5.74) is 4.01. The van der Waals surface area contributed by atoms with Crippen LogP contribution in [-0.4, -0.2) is 50.5 Å². The maximum atomic E-state index is 11.7. The molecule has 0 spiro atoms. The zero-order chi connectivity index (χ0) is 17.9. The fourth-order valence-electron chi connectivity index (χ4n) is 2.40. The van der Waals surface area contributed by atoms with Crippen molar-refractivity contribution >= 4 is 11.9 Å². The topological polar surface area (TPSA) is 56.7 Å². The van der Waals surface area contributed by atoms with E-state index in [2.05, 4.69) is 54.6 Å². The number of hydrogen-bond donors (Lipinski definition) is 2. The van der Waals surface area contributed by atoms with Crippen LogP contribution in [0, 0.1) is 13.8 Å². The normalized spacial score (nSPS) is 11.3. The van der Waals surface area contributed by atoms with Crippen LogP contribution in [-0.2, 0) is 11.2 Å². The largest absolute Gasteiger partial charge is 0.356 e. The predicted molar refractivity (Wildman–Crippen MR) is 102 cm³/mol. The van der Waals surface area contributed by atoms with E-state index in [1.54, 1.807) is 19.0 Å². The third-order valence-electron chi connectivity index (χ3n) is 4.01. The highest BCUT2D eigenvalue weighted by Crippen LogP contribution is 2.13. The summed E-state index contributed by atoms with van der Waals surface area (Å²) in [6.45, 7) is 8.27. The Labute approximate surface area is 146 Å². The minimum absolute atomic E-state index is 0.00124. The summed E-state index contributed by atoms with van der Waals surface area (Å²) >= 11 is 0. The van der Waals surface area contributed by atoms with Gasteiger partial charge in [-0.2, -0.15) is 0 Å². The fourth-order valence-corrected chi connectivity index (χ4v) is 2.40. The minimum Gasteiger partial charge on any atom is -0.356 e. The molecule has 1 amide bonds. The summed E-state index contributed by atoms with van der Waals surface area (Å²) < 4.78 is 0. The van der Waals surface area contributed by atoms with Gasteiger partial charge in [0.05, 0.1) is 0 Å². The average Bonchev–Trinajstić information content (AvgIpc) is 2.54. The number of aryl methyl sites for hydroxylation is 2. The Balaban J connectivity index is 2.60. The number of carbonyl (C=O) groups is 1. The molecule has 5 heteroatoms. The highest BCUT2D eigenvalue weighted by Gasteiger charge is 2.06. The average molecular weight is 332 g/mol. The number of carbonyl (C=O) groups excluding carboxylic acids is 1. The van der Waals surface area contributed by atoms with Crippen molar-refractivity contribution < 1.29 is 4.79 Å². The van der Waals surface area contributed by atoms with Crippen LogP contribution in [0.3, 0.4) is 0 Å². The number of hydrogen-bond acceptors (Lipinski definition) is 2. The summed E-state index contributed by atoms with van der Waals surface area (Å²) in [6, 6.07) is 6.38. The second-order valence-corrected chi connectivity index (χ2v) is 6.28. The number of guanidine groups is 1. The van der Waals surface area contributed by atoms with E-state index in [1.807, 2.05) is 0 Å². The lowest BCUT2D eigenvalue weighted by Crippen LogP contribution is -2.40. The van der Waals surface area contributed by atoms with Gasteiger partial charge in [-0.3, -0.25) is 4.79 Å². The molecule has 5 nitrogen and oxygen atoms in total. The van der Waals surface area contributed by atoms with Crippen molar-refractivity contribution in [3.05, 3.63) is 34.9 Å². The van der Waals surface area contributed by atoms with Crippen molar-refractivity contribution in [2.24, 2.45) is 4.99 Å². The molecule has 0 fully saturated rings. The van der Waals surface area contributed by atoms with E-state index in [0.29, 0.717) is 5.96 Å². The van der Waals surface area contributed by atoms with Crippen molar-refractivity contribution in [2.45, 2.75) is 40.0 Å². The van der Waals surface area contributed by atoms with E-state index >= 15 is 0 Å². The molecule has 0 aromatic heterocycles. The molecule has 2 N–H and O–H groups in total. The number of nitrogens with zero attached hydrogens (tertiary/aromatic N) is 2. The number of likely N-dealkylation sites (N-methyl/N-ethyl adjacent to an activating group) is 1. The molecule has 1 aromatic rings. The monoisotopic (exact) mass is 332 g/mol. The predicted octanol–water partition coefficient (Wildman–Crippen LogP) is 2.27. The van der Waals surface area contributed by atoms with E-state index in [-0.39, 0.29) is 12.5 Å². The molecule has 0 atom stereocenters. The molecular weight excluding hydrogens is 300 g/mol. The first-order chi connectivity index (χ1) is 11.5. The summed E-state index contributed by atoms with van der Waals surface area (Å²) in [4.78, 5) is 17.7. The van der Waals surface area contributed by atoms with Crippen LogP contribution in [0.1, 0.15) is 36.5 Å². The summed E-state index contributed by atoms with van der Waals surface area (Å²) in [5, 5.41) is 6.64. The molecule has 24 heavy (non-hydrogen) atoms. The number of nitrogens with one attached hydrogen (secondary N) is 2. The van der Waals surface area contributed by atoms with Gasteiger partial charge in [-0.25, -0.2) is 4.99 Å². The molecule has 0 heterocycles. The second kappa shape index (κ2) is 10.7. The number of aliphatic imine (C=N–C) groups is 1. The zero-order valence-electron chi connectivity index (χ0n) is 15.8. The summed E-state index contributed by atoms with van der Waals surface area (Å²) in [7, 11) is 3.49. The van der Waals surface area contributed by atoms with Gasteiger partial charge in [-0.1, -0.05) is 31.5 Å². The van der Waals surface area contributed by atoms with Gasteiger partial charge in [-0.15, -0.1) is 0 Å². The summed E-state index contributed by atoms with van der Waals surface area (Å²) in [5.74, 6) is 0.714. The van der Waals surface area contributed by atoms with Crippen molar-refractivity contribution in [3.8, 4) is 0 Å². The Morgan fingerprint density at radius 1 is 1.12 bits per heavy atom. The van der Waals surface area contributed by atoms with E-state index in [0.717, 1.165) is 32.4 Å². The van der Waals surface area contributed by atoms with Crippen LogP contribution < -0.4 is 10.6 Å². The van der Waals surface area contributed by atoms with Crippen LogP contribution in [0.25, 0.3) is 0 Å². The van der Waals surface area contributed by atoms with Crippen molar-refractivity contribution in [3.63, 3.8) is 0 Å². The van der Waals surface area contributed by atoms with Crippen LogP contribution >= 0.6 is 0 Å².